The van der Waals surface area contributed by atoms with Gasteiger partial charge in [-0.2, -0.15) is 0 Å². The topological polar surface area (TPSA) is 0 Å². The minimum Gasteiger partial charge on any atom is -0.0654 e. The van der Waals surface area contributed by atoms with E-state index < -0.39 is 0 Å². The van der Waals surface area contributed by atoms with E-state index in [9.17, 15) is 0 Å². The molecule has 0 N–H and O–H groups in total. The molecule has 3 rings (SSSR count). The maximum Gasteiger partial charge on any atom is -0.0102 e. The van der Waals surface area contributed by atoms with E-state index in [0.717, 1.165) is 11.8 Å². The molecule has 32 heavy (non-hydrogen) atoms. The van der Waals surface area contributed by atoms with Gasteiger partial charge >= 0.3 is 0 Å². The zero-order valence-electron chi connectivity index (χ0n) is 21.7. The van der Waals surface area contributed by atoms with Crippen LogP contribution in [0.15, 0.2) is 36.4 Å². The molecule has 0 aliphatic carbocycles. The van der Waals surface area contributed by atoms with Gasteiger partial charge in [0.25, 0.3) is 0 Å². The molecular weight excluding hydrogens is 384 g/mol. The summed E-state index contributed by atoms with van der Waals surface area (Å²) in [7, 11) is 0. The van der Waals surface area contributed by atoms with Crippen LogP contribution in [0.5, 0.6) is 0 Å². The Morgan fingerprint density at radius 1 is 0.562 bits per heavy atom. The average molecular weight is 431 g/mol. The van der Waals surface area contributed by atoms with Crippen LogP contribution in [0.3, 0.4) is 0 Å². The molecule has 0 spiro atoms. The Labute approximate surface area is 197 Å². The minimum atomic E-state index is 0.787. The minimum absolute atomic E-state index is 0.787. The summed E-state index contributed by atoms with van der Waals surface area (Å²) in [5.41, 5.74) is 6.10. The van der Waals surface area contributed by atoms with E-state index in [1.54, 1.807) is 11.1 Å². The average Bonchev–Trinajstić information content (AvgIpc) is 2.80. The third-order valence-electron chi connectivity index (χ3n) is 7.73. The van der Waals surface area contributed by atoms with Crippen LogP contribution in [0, 0.1) is 25.7 Å². The van der Waals surface area contributed by atoms with Crippen LogP contribution in [0.1, 0.15) is 101 Å². The zero-order valence-corrected chi connectivity index (χ0v) is 21.7. The second-order valence-corrected chi connectivity index (χ2v) is 10.3. The summed E-state index contributed by atoms with van der Waals surface area (Å²) in [4.78, 5) is 0. The fraction of sp³-hybridized carbons (Fsp3) is 0.562. The van der Waals surface area contributed by atoms with Gasteiger partial charge in [0, 0.05) is 0 Å². The van der Waals surface area contributed by atoms with Crippen molar-refractivity contribution >= 4 is 21.5 Å². The summed E-state index contributed by atoms with van der Waals surface area (Å²) in [5, 5.41) is 5.96. The van der Waals surface area contributed by atoms with Crippen molar-refractivity contribution in [2.75, 3.05) is 0 Å². The van der Waals surface area contributed by atoms with E-state index in [1.165, 1.54) is 96.9 Å². The molecule has 0 aliphatic heterocycles. The van der Waals surface area contributed by atoms with Gasteiger partial charge in [-0.15, -0.1) is 0 Å². The van der Waals surface area contributed by atoms with Crippen LogP contribution in [0.2, 0.25) is 0 Å². The Balaban J connectivity index is 2.25. The molecule has 2 atom stereocenters. The summed E-state index contributed by atoms with van der Waals surface area (Å²) >= 11 is 0. The molecule has 174 valence electrons. The van der Waals surface area contributed by atoms with Crippen LogP contribution >= 0.6 is 0 Å². The van der Waals surface area contributed by atoms with Crippen molar-refractivity contribution in [3.8, 4) is 0 Å². The lowest BCUT2D eigenvalue weighted by Crippen LogP contribution is -2.11. The van der Waals surface area contributed by atoms with E-state index in [0.29, 0.717) is 0 Å². The summed E-state index contributed by atoms with van der Waals surface area (Å²) < 4.78 is 0. The van der Waals surface area contributed by atoms with Gasteiger partial charge in [-0.05, 0) is 71.2 Å². The van der Waals surface area contributed by atoms with Crippen LogP contribution in [0.25, 0.3) is 21.5 Å². The van der Waals surface area contributed by atoms with Crippen molar-refractivity contribution in [1.29, 1.82) is 0 Å². The second kappa shape index (κ2) is 11.9. The predicted octanol–water partition coefficient (Wildman–Crippen LogP) is 10.1. The van der Waals surface area contributed by atoms with Crippen LogP contribution in [-0.2, 0) is 12.8 Å². The molecule has 3 aromatic rings. The number of rotatable bonds is 12. The van der Waals surface area contributed by atoms with Crippen molar-refractivity contribution in [2.24, 2.45) is 11.8 Å². The third-order valence-corrected chi connectivity index (χ3v) is 7.73. The third kappa shape index (κ3) is 5.75. The van der Waals surface area contributed by atoms with E-state index in [4.69, 9.17) is 0 Å². The number of fused-ring (bicyclic) bond motifs is 3. The first-order valence-electron chi connectivity index (χ1n) is 13.5. The Morgan fingerprint density at radius 3 is 1.31 bits per heavy atom. The molecule has 0 saturated carbocycles. The van der Waals surface area contributed by atoms with Gasteiger partial charge in [0.2, 0.25) is 0 Å². The van der Waals surface area contributed by atoms with Crippen molar-refractivity contribution < 1.29 is 0 Å². The number of hydrogen-bond acceptors (Lipinski definition) is 0. The van der Waals surface area contributed by atoms with Crippen molar-refractivity contribution in [2.45, 2.75) is 106 Å². The highest BCUT2D eigenvalue weighted by Crippen LogP contribution is 2.38. The number of unbranched alkanes of at least 4 members (excludes halogenated alkanes) is 2. The largest absolute Gasteiger partial charge is 0.0654 e. The van der Waals surface area contributed by atoms with Crippen molar-refractivity contribution in [1.82, 2.24) is 0 Å². The van der Waals surface area contributed by atoms with E-state index in [1.807, 2.05) is 0 Å². The monoisotopic (exact) mass is 430 g/mol. The summed E-state index contributed by atoms with van der Waals surface area (Å²) in [6.07, 6.45) is 13.1. The molecule has 0 heteroatoms. The van der Waals surface area contributed by atoms with E-state index in [2.05, 4.69) is 77.9 Å². The normalized spacial score (nSPS) is 13.7. The van der Waals surface area contributed by atoms with Crippen LogP contribution < -0.4 is 0 Å². The number of hydrogen-bond donors (Lipinski definition) is 0. The summed E-state index contributed by atoms with van der Waals surface area (Å²) in [6, 6.07) is 14.3. The Bertz CT molecular complexity index is 927. The smallest absolute Gasteiger partial charge is 0.0102 e. The molecule has 0 heterocycles. The first kappa shape index (κ1) is 24.8. The maximum atomic E-state index is 2.48. The fourth-order valence-corrected chi connectivity index (χ4v) is 5.54. The highest BCUT2D eigenvalue weighted by atomic mass is 14.2. The lowest BCUT2D eigenvalue weighted by Gasteiger charge is -2.25. The second-order valence-electron chi connectivity index (χ2n) is 10.3. The molecule has 0 aromatic heterocycles. The molecule has 2 unspecified atom stereocenters. The number of aryl methyl sites for hydroxylation is 2. The van der Waals surface area contributed by atoms with Gasteiger partial charge in [-0.3, -0.25) is 0 Å². The molecule has 0 bridgehead atoms. The summed E-state index contributed by atoms with van der Waals surface area (Å²) in [6.45, 7) is 14.0. The Hall–Kier alpha value is -1.82. The van der Waals surface area contributed by atoms with Gasteiger partial charge in [-0.25, -0.2) is 0 Å². The van der Waals surface area contributed by atoms with E-state index >= 15 is 0 Å². The Morgan fingerprint density at radius 2 is 0.969 bits per heavy atom. The summed E-state index contributed by atoms with van der Waals surface area (Å²) in [5.74, 6) is 1.57. The lowest BCUT2D eigenvalue weighted by atomic mass is 9.80. The maximum absolute atomic E-state index is 2.48. The van der Waals surface area contributed by atoms with Gasteiger partial charge < -0.3 is 0 Å². The molecule has 0 fully saturated rings. The first-order chi connectivity index (χ1) is 15.5. The van der Waals surface area contributed by atoms with Gasteiger partial charge in [0.05, 0.1) is 0 Å². The van der Waals surface area contributed by atoms with Gasteiger partial charge in [0.1, 0.15) is 0 Å². The zero-order chi connectivity index (χ0) is 23.1. The molecule has 0 saturated heterocycles. The van der Waals surface area contributed by atoms with Crippen molar-refractivity contribution in [3.05, 3.63) is 58.7 Å². The highest BCUT2D eigenvalue weighted by Gasteiger charge is 2.20. The predicted molar refractivity (Wildman–Crippen MR) is 145 cm³/mol. The first-order valence-corrected chi connectivity index (χ1v) is 13.5. The van der Waals surface area contributed by atoms with Gasteiger partial charge in [-0.1, -0.05) is 127 Å². The standard InChI is InChI=1S/C32H46/c1-7-11-13-25(9-3)21-31-29-19-23(5)15-17-27(29)28-18-16-24(6)20-30(28)32(31)22-26(10-4)14-12-8-2/h15-20,25-26H,7-14,21-22H2,1-6H3. The Kier molecular flexibility index (Phi) is 9.21. The van der Waals surface area contributed by atoms with Crippen molar-refractivity contribution in [3.63, 3.8) is 0 Å². The van der Waals surface area contributed by atoms with Crippen LogP contribution in [-0.4, -0.2) is 0 Å². The lowest BCUT2D eigenvalue weighted by molar-refractivity contribution is 0.436. The molecule has 0 amide bonds. The molecule has 0 aliphatic rings. The molecule has 0 radical (unpaired) electrons. The molecule has 3 aromatic carbocycles. The van der Waals surface area contributed by atoms with Gasteiger partial charge in [0.15, 0.2) is 0 Å². The van der Waals surface area contributed by atoms with E-state index in [-0.39, 0.29) is 0 Å². The van der Waals surface area contributed by atoms with Crippen LogP contribution in [0.4, 0.5) is 0 Å². The molecular formula is C32H46. The highest BCUT2D eigenvalue weighted by molar-refractivity contribution is 6.11. The SMILES string of the molecule is CCCCC(CC)Cc1c(CC(CC)CCCC)c2cc(C)ccc2c2ccc(C)cc12. The quantitative estimate of drug-likeness (QED) is 0.251. The fourth-order valence-electron chi connectivity index (χ4n) is 5.54. The number of benzene rings is 3. The molecule has 0 nitrogen and oxygen atoms in total.